The Bertz CT molecular complexity index is 276. The molecule has 78 valence electrons. The molecular formula is C9H13NO4. The topological polar surface area (TPSA) is 66.8 Å². The van der Waals surface area contributed by atoms with Gasteiger partial charge in [-0.15, -0.1) is 0 Å². The van der Waals surface area contributed by atoms with Crippen LogP contribution in [0.4, 0.5) is 4.79 Å². The van der Waals surface area contributed by atoms with Gasteiger partial charge in [0, 0.05) is 6.54 Å². The van der Waals surface area contributed by atoms with Crippen LogP contribution < -0.4 is 0 Å². The summed E-state index contributed by atoms with van der Waals surface area (Å²) in [6, 6.07) is 0. The Morgan fingerprint density at radius 1 is 1.71 bits per heavy atom. The lowest BCUT2D eigenvalue weighted by atomic mass is 9.87. The summed E-state index contributed by atoms with van der Waals surface area (Å²) in [6.07, 6.45) is 1.31. The van der Waals surface area contributed by atoms with Crippen LogP contribution in [-0.2, 0) is 9.53 Å². The van der Waals surface area contributed by atoms with Crippen molar-refractivity contribution in [2.24, 2.45) is 0 Å². The van der Waals surface area contributed by atoms with Gasteiger partial charge in [-0.25, -0.2) is 9.59 Å². The summed E-state index contributed by atoms with van der Waals surface area (Å²) < 4.78 is 4.75. The maximum Gasteiger partial charge on any atom is 0.411 e. The van der Waals surface area contributed by atoms with Crippen LogP contribution in [0.5, 0.6) is 0 Å². The van der Waals surface area contributed by atoms with E-state index in [1.165, 1.54) is 17.9 Å². The highest BCUT2D eigenvalue weighted by molar-refractivity contribution is 5.85. The number of rotatable bonds is 3. The second kappa shape index (κ2) is 3.69. The minimum Gasteiger partial charge on any atom is -0.480 e. The molecule has 5 heteroatoms. The van der Waals surface area contributed by atoms with Crippen LogP contribution in [0.2, 0.25) is 0 Å². The molecule has 1 N–H and O–H groups in total. The van der Waals surface area contributed by atoms with Gasteiger partial charge in [0.1, 0.15) is 12.1 Å². The second-order valence-corrected chi connectivity index (χ2v) is 3.35. The number of ether oxygens (including phenoxy) is 1. The molecule has 0 aromatic rings. The maximum absolute atomic E-state index is 11.3. The lowest BCUT2D eigenvalue weighted by Crippen LogP contribution is -2.64. The van der Waals surface area contributed by atoms with E-state index < -0.39 is 17.6 Å². The Labute approximate surface area is 82.0 Å². The molecule has 1 saturated heterocycles. The molecule has 1 atom stereocenters. The lowest BCUT2D eigenvalue weighted by molar-refractivity contribution is -0.156. The fourth-order valence-corrected chi connectivity index (χ4v) is 1.28. The van der Waals surface area contributed by atoms with E-state index >= 15 is 0 Å². The van der Waals surface area contributed by atoms with Gasteiger partial charge in [-0.2, -0.15) is 0 Å². The zero-order valence-electron chi connectivity index (χ0n) is 8.02. The van der Waals surface area contributed by atoms with Crippen molar-refractivity contribution in [3.63, 3.8) is 0 Å². The molecule has 1 unspecified atom stereocenters. The van der Waals surface area contributed by atoms with Gasteiger partial charge in [-0.3, -0.25) is 4.90 Å². The molecule has 1 rings (SSSR count). The molecule has 14 heavy (non-hydrogen) atoms. The van der Waals surface area contributed by atoms with E-state index in [4.69, 9.17) is 9.84 Å². The molecule has 1 amide bonds. The molecule has 0 saturated carbocycles. The highest BCUT2D eigenvalue weighted by Gasteiger charge is 2.50. The van der Waals surface area contributed by atoms with Crippen molar-refractivity contribution in [2.45, 2.75) is 18.9 Å². The predicted molar refractivity (Wildman–Crippen MR) is 48.9 cm³/mol. The summed E-state index contributed by atoms with van der Waals surface area (Å²) in [7, 11) is 0. The van der Waals surface area contributed by atoms with Crippen LogP contribution in [0.1, 0.15) is 13.3 Å². The normalized spacial score (nSPS) is 25.1. The Kier molecular flexibility index (Phi) is 2.78. The first-order chi connectivity index (χ1) is 6.52. The van der Waals surface area contributed by atoms with Crippen LogP contribution in [-0.4, -0.2) is 40.8 Å². The number of hydrogen-bond acceptors (Lipinski definition) is 3. The Hall–Kier alpha value is -1.52. The van der Waals surface area contributed by atoms with Gasteiger partial charge in [0.05, 0.1) is 0 Å². The Balaban J connectivity index is 2.57. The first-order valence-electron chi connectivity index (χ1n) is 4.31. The molecule has 5 nitrogen and oxygen atoms in total. The van der Waals surface area contributed by atoms with Gasteiger partial charge in [-0.1, -0.05) is 12.7 Å². The third-order valence-electron chi connectivity index (χ3n) is 2.42. The van der Waals surface area contributed by atoms with Gasteiger partial charge in [0.25, 0.3) is 0 Å². The molecule has 0 radical (unpaired) electrons. The van der Waals surface area contributed by atoms with Gasteiger partial charge in [-0.05, 0) is 13.3 Å². The van der Waals surface area contributed by atoms with Crippen molar-refractivity contribution < 1.29 is 19.4 Å². The van der Waals surface area contributed by atoms with Crippen LogP contribution in [0.15, 0.2) is 12.7 Å². The summed E-state index contributed by atoms with van der Waals surface area (Å²) in [5.74, 6) is -1.00. The highest BCUT2D eigenvalue weighted by Crippen LogP contribution is 2.30. The molecule has 0 spiro atoms. The first kappa shape index (κ1) is 10.6. The van der Waals surface area contributed by atoms with E-state index in [0.717, 1.165) is 0 Å². The quantitative estimate of drug-likeness (QED) is 0.684. The smallest absolute Gasteiger partial charge is 0.411 e. The van der Waals surface area contributed by atoms with E-state index in [-0.39, 0.29) is 6.61 Å². The summed E-state index contributed by atoms with van der Waals surface area (Å²) in [5.41, 5.74) is -1.10. The minimum absolute atomic E-state index is 0.102. The number of carbonyl (C=O) groups is 2. The van der Waals surface area contributed by atoms with Gasteiger partial charge < -0.3 is 9.84 Å². The number of aliphatic carboxylic acids is 1. The molecule has 1 fully saturated rings. The Morgan fingerprint density at radius 2 is 2.36 bits per heavy atom. The number of carboxylic acid groups (broad SMARTS) is 1. The lowest BCUT2D eigenvalue weighted by Gasteiger charge is -2.45. The fraction of sp³-hybridized carbons (Fsp3) is 0.556. The van der Waals surface area contributed by atoms with Crippen LogP contribution >= 0.6 is 0 Å². The number of carboxylic acids is 1. The van der Waals surface area contributed by atoms with Crippen LogP contribution in [0, 0.1) is 0 Å². The van der Waals surface area contributed by atoms with Gasteiger partial charge in [0.2, 0.25) is 0 Å². The number of likely N-dealkylation sites (tertiary alicyclic amines) is 1. The largest absolute Gasteiger partial charge is 0.480 e. The Morgan fingerprint density at radius 3 is 2.71 bits per heavy atom. The molecule has 1 heterocycles. The summed E-state index contributed by atoms with van der Waals surface area (Å²) in [4.78, 5) is 23.3. The summed E-state index contributed by atoms with van der Waals surface area (Å²) >= 11 is 0. The molecule has 0 aliphatic carbocycles. The average molecular weight is 199 g/mol. The van der Waals surface area contributed by atoms with Crippen LogP contribution in [0.25, 0.3) is 0 Å². The highest BCUT2D eigenvalue weighted by atomic mass is 16.6. The molecule has 1 aliphatic rings. The third-order valence-corrected chi connectivity index (χ3v) is 2.42. The molecular weight excluding hydrogens is 186 g/mol. The maximum atomic E-state index is 11.3. The summed E-state index contributed by atoms with van der Waals surface area (Å²) in [6.45, 7) is 5.43. The van der Waals surface area contributed by atoms with Gasteiger partial charge in [0.15, 0.2) is 0 Å². The van der Waals surface area contributed by atoms with E-state index in [1.807, 2.05) is 0 Å². The monoisotopic (exact) mass is 199 g/mol. The van der Waals surface area contributed by atoms with Crippen molar-refractivity contribution in [3.8, 4) is 0 Å². The zero-order valence-corrected chi connectivity index (χ0v) is 8.02. The second-order valence-electron chi connectivity index (χ2n) is 3.35. The molecule has 0 aromatic heterocycles. The fourth-order valence-electron chi connectivity index (χ4n) is 1.28. The number of amides is 1. The SMILES string of the molecule is C=CCOC(=O)N1CCC1(C)C(=O)O. The van der Waals surface area contributed by atoms with E-state index in [9.17, 15) is 9.59 Å². The predicted octanol–water partition coefficient (Wildman–Crippen LogP) is 0.858. The van der Waals surface area contributed by atoms with E-state index in [1.54, 1.807) is 0 Å². The molecule has 1 aliphatic heterocycles. The average Bonchev–Trinajstić information content (AvgIpc) is 2.11. The van der Waals surface area contributed by atoms with Crippen LogP contribution in [0.3, 0.4) is 0 Å². The number of hydrogen-bond donors (Lipinski definition) is 1. The summed E-state index contributed by atoms with van der Waals surface area (Å²) in [5, 5.41) is 8.87. The van der Waals surface area contributed by atoms with E-state index in [0.29, 0.717) is 13.0 Å². The number of carbonyl (C=O) groups excluding carboxylic acids is 1. The number of nitrogens with zero attached hydrogens (tertiary/aromatic N) is 1. The van der Waals surface area contributed by atoms with Gasteiger partial charge >= 0.3 is 12.1 Å². The molecule has 0 aromatic carbocycles. The molecule has 0 bridgehead atoms. The van der Waals surface area contributed by atoms with Crippen molar-refractivity contribution in [1.82, 2.24) is 4.90 Å². The minimum atomic E-state index is -1.10. The van der Waals surface area contributed by atoms with Crippen molar-refractivity contribution in [1.29, 1.82) is 0 Å². The van der Waals surface area contributed by atoms with Crippen molar-refractivity contribution >= 4 is 12.1 Å². The third kappa shape index (κ3) is 1.57. The van der Waals surface area contributed by atoms with Crippen molar-refractivity contribution in [2.75, 3.05) is 13.2 Å². The van der Waals surface area contributed by atoms with E-state index in [2.05, 4.69) is 6.58 Å². The zero-order chi connectivity index (χ0) is 10.8. The standard InChI is InChI=1S/C9H13NO4/c1-3-6-14-8(13)10-5-4-9(10,2)7(11)12/h3H,1,4-6H2,2H3,(H,11,12). The first-order valence-corrected chi connectivity index (χ1v) is 4.31. The van der Waals surface area contributed by atoms with Crippen molar-refractivity contribution in [3.05, 3.63) is 12.7 Å².